The topological polar surface area (TPSA) is 39.2 Å². The second-order valence-electron chi connectivity index (χ2n) is 3.93. The molecule has 0 fully saturated rings. The third-order valence-corrected chi connectivity index (χ3v) is 6.06. The van der Waals surface area contributed by atoms with Crippen molar-refractivity contribution in [1.82, 2.24) is 0 Å². The number of rotatable bonds is 2. The molecule has 2 heterocycles. The minimum atomic E-state index is -0.231. The number of furan rings is 1. The summed E-state index contributed by atoms with van der Waals surface area (Å²) in [7, 11) is 0. The first kappa shape index (κ1) is 12.4. The lowest BCUT2D eigenvalue weighted by Gasteiger charge is -2.04. The van der Waals surface area contributed by atoms with E-state index in [-0.39, 0.29) is 6.04 Å². The number of para-hydroxylation sites is 1. The molecule has 2 aromatic heterocycles. The van der Waals surface area contributed by atoms with Crippen LogP contribution in [0.25, 0.3) is 11.0 Å². The van der Waals surface area contributed by atoms with E-state index in [2.05, 4.69) is 31.9 Å². The van der Waals surface area contributed by atoms with Crippen LogP contribution in [0, 0.1) is 0 Å². The van der Waals surface area contributed by atoms with Crippen molar-refractivity contribution in [3.05, 3.63) is 55.3 Å². The predicted octanol–water partition coefficient (Wildman–Crippen LogP) is 5.07. The van der Waals surface area contributed by atoms with E-state index in [0.717, 1.165) is 29.9 Å². The van der Waals surface area contributed by atoms with Gasteiger partial charge in [0.25, 0.3) is 0 Å². The Morgan fingerprint density at radius 2 is 1.94 bits per heavy atom. The summed E-state index contributed by atoms with van der Waals surface area (Å²) in [6, 6.07) is 11.7. The number of halogens is 2. The molecule has 1 aromatic carbocycles. The third kappa shape index (κ3) is 2.16. The molecule has 0 spiro atoms. The van der Waals surface area contributed by atoms with E-state index in [9.17, 15) is 0 Å². The Morgan fingerprint density at radius 1 is 1.17 bits per heavy atom. The van der Waals surface area contributed by atoms with Gasteiger partial charge in [0.15, 0.2) is 0 Å². The van der Waals surface area contributed by atoms with Crippen LogP contribution in [0.5, 0.6) is 0 Å². The number of thiophene rings is 1. The van der Waals surface area contributed by atoms with Gasteiger partial charge >= 0.3 is 0 Å². The fourth-order valence-electron chi connectivity index (χ4n) is 1.81. The van der Waals surface area contributed by atoms with Gasteiger partial charge in [0, 0.05) is 14.7 Å². The van der Waals surface area contributed by atoms with Gasteiger partial charge in [0.2, 0.25) is 0 Å². The Hall–Kier alpha value is -0.620. The maximum atomic E-state index is 6.24. The summed E-state index contributed by atoms with van der Waals surface area (Å²) in [5.41, 5.74) is 7.11. The highest BCUT2D eigenvalue weighted by atomic mass is 79.9. The Kier molecular flexibility index (Phi) is 3.32. The van der Waals surface area contributed by atoms with Gasteiger partial charge in [0.1, 0.15) is 11.3 Å². The molecule has 5 heteroatoms. The van der Waals surface area contributed by atoms with Gasteiger partial charge in [-0.05, 0) is 50.1 Å². The number of nitrogens with two attached hydrogens (primary N) is 1. The van der Waals surface area contributed by atoms with E-state index in [0.29, 0.717) is 0 Å². The summed E-state index contributed by atoms with van der Waals surface area (Å²) in [4.78, 5) is 1.06. The van der Waals surface area contributed by atoms with Gasteiger partial charge in [-0.1, -0.05) is 18.2 Å². The van der Waals surface area contributed by atoms with E-state index in [4.69, 9.17) is 10.2 Å². The lowest BCUT2D eigenvalue weighted by Crippen LogP contribution is -2.08. The second-order valence-corrected chi connectivity index (χ2v) is 7.19. The molecule has 0 aliphatic heterocycles. The fraction of sp³-hybridized carbons (Fsp3) is 0.0769. The Balaban J connectivity index is 2.03. The lowest BCUT2D eigenvalue weighted by molar-refractivity contribution is 0.528. The molecule has 1 unspecified atom stereocenters. The highest BCUT2D eigenvalue weighted by molar-refractivity contribution is 9.13. The molecule has 3 rings (SSSR count). The summed E-state index contributed by atoms with van der Waals surface area (Å²) in [6.07, 6.45) is 0. The van der Waals surface area contributed by atoms with Crippen LogP contribution in [0.15, 0.2) is 49.1 Å². The zero-order valence-electron chi connectivity index (χ0n) is 9.19. The van der Waals surface area contributed by atoms with E-state index >= 15 is 0 Å². The molecule has 0 saturated heterocycles. The highest BCUT2D eigenvalue weighted by Crippen LogP contribution is 2.37. The van der Waals surface area contributed by atoms with Crippen molar-refractivity contribution in [2.45, 2.75) is 6.04 Å². The largest absolute Gasteiger partial charge is 0.459 e. The van der Waals surface area contributed by atoms with Crippen molar-refractivity contribution in [3.8, 4) is 0 Å². The van der Waals surface area contributed by atoms with Crippen LogP contribution >= 0.6 is 43.2 Å². The predicted molar refractivity (Wildman–Crippen MR) is 82.0 cm³/mol. The molecule has 0 bridgehead atoms. The third-order valence-electron chi connectivity index (χ3n) is 2.72. The number of hydrogen-bond acceptors (Lipinski definition) is 3. The first-order valence-corrected chi connectivity index (χ1v) is 7.74. The van der Waals surface area contributed by atoms with Gasteiger partial charge in [-0.3, -0.25) is 0 Å². The average Bonchev–Trinajstić information content (AvgIpc) is 2.93. The van der Waals surface area contributed by atoms with E-state index in [1.165, 1.54) is 0 Å². The molecular formula is C13H9Br2NOS. The van der Waals surface area contributed by atoms with Crippen LogP contribution in [0.2, 0.25) is 0 Å². The van der Waals surface area contributed by atoms with Crippen LogP contribution in [0.3, 0.4) is 0 Å². The summed E-state index contributed by atoms with van der Waals surface area (Å²) >= 11 is 8.56. The molecule has 0 amide bonds. The van der Waals surface area contributed by atoms with Gasteiger partial charge in [0.05, 0.1) is 9.83 Å². The van der Waals surface area contributed by atoms with E-state index in [1.807, 2.05) is 36.4 Å². The van der Waals surface area contributed by atoms with Gasteiger partial charge in [-0.15, -0.1) is 11.3 Å². The zero-order valence-corrected chi connectivity index (χ0v) is 13.2. The Morgan fingerprint density at radius 3 is 2.61 bits per heavy atom. The number of benzene rings is 1. The summed E-state index contributed by atoms with van der Waals surface area (Å²) < 4.78 is 7.85. The summed E-state index contributed by atoms with van der Waals surface area (Å²) in [5.74, 6) is 0.789. The molecule has 92 valence electrons. The van der Waals surface area contributed by atoms with Crippen LogP contribution in [0.1, 0.15) is 16.7 Å². The maximum Gasteiger partial charge on any atom is 0.134 e. The van der Waals surface area contributed by atoms with Crippen LogP contribution < -0.4 is 5.73 Å². The van der Waals surface area contributed by atoms with Gasteiger partial charge in [-0.2, -0.15) is 0 Å². The number of hydrogen-bond donors (Lipinski definition) is 1. The number of fused-ring (bicyclic) bond motifs is 1. The fourth-order valence-corrected chi connectivity index (χ4v) is 3.91. The monoisotopic (exact) mass is 385 g/mol. The second kappa shape index (κ2) is 4.81. The normalized spacial score (nSPS) is 13.1. The molecule has 0 radical (unpaired) electrons. The SMILES string of the molecule is NC(c1cc2ccccc2o1)c1cc(Br)c(Br)s1. The summed E-state index contributed by atoms with van der Waals surface area (Å²) in [6.45, 7) is 0. The first-order valence-electron chi connectivity index (χ1n) is 5.34. The van der Waals surface area contributed by atoms with Gasteiger partial charge < -0.3 is 10.2 Å². The van der Waals surface area contributed by atoms with Crippen LogP contribution in [-0.2, 0) is 0 Å². The Bertz CT molecular complexity index is 651. The maximum absolute atomic E-state index is 6.24. The summed E-state index contributed by atoms with van der Waals surface area (Å²) in [5, 5.41) is 1.08. The molecule has 2 nitrogen and oxygen atoms in total. The highest BCUT2D eigenvalue weighted by Gasteiger charge is 2.17. The molecule has 0 saturated carbocycles. The smallest absolute Gasteiger partial charge is 0.134 e. The van der Waals surface area contributed by atoms with Gasteiger partial charge in [-0.25, -0.2) is 0 Å². The molecule has 0 aliphatic rings. The van der Waals surface area contributed by atoms with Crippen LogP contribution in [0.4, 0.5) is 0 Å². The lowest BCUT2D eigenvalue weighted by atomic mass is 10.2. The van der Waals surface area contributed by atoms with E-state index in [1.54, 1.807) is 11.3 Å². The van der Waals surface area contributed by atoms with Crippen molar-refractivity contribution >= 4 is 54.2 Å². The molecule has 18 heavy (non-hydrogen) atoms. The average molecular weight is 387 g/mol. The van der Waals surface area contributed by atoms with Crippen molar-refractivity contribution < 1.29 is 4.42 Å². The molecule has 0 aliphatic carbocycles. The quantitative estimate of drug-likeness (QED) is 0.667. The molecule has 1 atom stereocenters. The molecular weight excluding hydrogens is 378 g/mol. The van der Waals surface area contributed by atoms with Crippen molar-refractivity contribution in [2.75, 3.05) is 0 Å². The van der Waals surface area contributed by atoms with Crippen molar-refractivity contribution in [1.29, 1.82) is 0 Å². The standard InChI is InChI=1S/C13H9Br2NOS/c14-8-6-11(18-13(8)15)12(16)10-5-7-3-1-2-4-9(7)17-10/h1-6,12H,16H2. The van der Waals surface area contributed by atoms with Crippen molar-refractivity contribution in [3.63, 3.8) is 0 Å². The Labute approximate surface area is 125 Å². The minimum Gasteiger partial charge on any atom is -0.459 e. The van der Waals surface area contributed by atoms with Crippen molar-refractivity contribution in [2.24, 2.45) is 5.73 Å². The molecule has 2 N–H and O–H groups in total. The minimum absolute atomic E-state index is 0.231. The van der Waals surface area contributed by atoms with E-state index < -0.39 is 0 Å². The first-order chi connectivity index (χ1) is 8.65. The zero-order chi connectivity index (χ0) is 12.7. The van der Waals surface area contributed by atoms with Crippen LogP contribution in [-0.4, -0.2) is 0 Å². The molecule has 3 aromatic rings.